The summed E-state index contributed by atoms with van der Waals surface area (Å²) >= 11 is 6.36. The first-order chi connectivity index (χ1) is 19.7. The lowest BCUT2D eigenvalue weighted by atomic mass is 9.92. The Bertz CT molecular complexity index is 1220. The minimum absolute atomic E-state index is 0.143. The lowest BCUT2D eigenvalue weighted by molar-refractivity contribution is -0.143. The number of para-hydroxylation sites is 1. The molecule has 2 aliphatic rings. The second-order valence-corrected chi connectivity index (χ2v) is 11.4. The predicted molar refractivity (Wildman–Crippen MR) is 155 cm³/mol. The van der Waals surface area contributed by atoms with Gasteiger partial charge in [0.25, 0.3) is 5.91 Å². The van der Waals surface area contributed by atoms with Gasteiger partial charge in [-0.3, -0.25) is 9.59 Å². The van der Waals surface area contributed by atoms with Gasteiger partial charge in [-0.15, -0.1) is 0 Å². The molecule has 3 N–H and O–H groups in total. The number of methoxy groups -OCH3 is 2. The Kier molecular flexibility index (Phi) is 10.5. The molecule has 2 heterocycles. The molecule has 0 unspecified atom stereocenters. The highest BCUT2D eigenvalue weighted by atomic mass is 35.5. The summed E-state index contributed by atoms with van der Waals surface area (Å²) in [6.45, 7) is 4.32. The lowest BCUT2D eigenvalue weighted by Gasteiger charge is -2.34. The quantitative estimate of drug-likeness (QED) is 0.345. The van der Waals surface area contributed by atoms with Crippen molar-refractivity contribution in [1.82, 2.24) is 9.80 Å². The van der Waals surface area contributed by atoms with E-state index in [0.717, 1.165) is 25.9 Å². The summed E-state index contributed by atoms with van der Waals surface area (Å²) in [7, 11) is 3.06. The summed E-state index contributed by atoms with van der Waals surface area (Å²) in [6, 6.07) is 10.5. The van der Waals surface area contributed by atoms with E-state index in [1.165, 1.54) is 14.2 Å². The van der Waals surface area contributed by atoms with Gasteiger partial charge in [-0.2, -0.15) is 0 Å². The number of ether oxygens (including phenoxy) is 3. The molecule has 224 valence electrons. The van der Waals surface area contributed by atoms with Crippen molar-refractivity contribution < 1.29 is 34.0 Å². The maximum absolute atomic E-state index is 13.8. The van der Waals surface area contributed by atoms with Crippen LogP contribution in [0.15, 0.2) is 36.4 Å². The number of aliphatic hydroxyl groups excluding tert-OH is 2. The topological polar surface area (TPSA) is 121 Å². The summed E-state index contributed by atoms with van der Waals surface area (Å²) in [4.78, 5) is 31.2. The van der Waals surface area contributed by atoms with E-state index in [1.807, 2.05) is 6.07 Å². The second kappa shape index (κ2) is 13.8. The van der Waals surface area contributed by atoms with Crippen LogP contribution in [-0.4, -0.2) is 98.1 Å². The molecule has 10 nitrogen and oxygen atoms in total. The number of nitrogens with zero attached hydrogens (tertiary/aromatic N) is 2. The Morgan fingerprint density at radius 1 is 1.15 bits per heavy atom. The molecule has 1 fully saturated rings. The SMILES string of the molecule is COc1cccc([C@H]2O[C@H](CC(=O)N(CCN3CCCC3)CC(C)(CO)CO)C(=O)Nc3ccc(Cl)cc32)c1OC. The third-order valence-corrected chi connectivity index (χ3v) is 8.03. The van der Waals surface area contributed by atoms with E-state index < -0.39 is 23.5 Å². The van der Waals surface area contributed by atoms with Gasteiger partial charge in [0, 0.05) is 46.9 Å². The molecule has 2 aromatic rings. The molecule has 0 bridgehead atoms. The summed E-state index contributed by atoms with van der Waals surface area (Å²) in [6.07, 6.45) is 0.0642. The molecule has 0 radical (unpaired) electrons. The van der Waals surface area contributed by atoms with Gasteiger partial charge in [-0.25, -0.2) is 0 Å². The number of fused-ring (bicyclic) bond motifs is 1. The fourth-order valence-electron chi connectivity index (χ4n) is 5.34. The van der Waals surface area contributed by atoms with E-state index in [9.17, 15) is 19.8 Å². The van der Waals surface area contributed by atoms with Crippen LogP contribution in [0.5, 0.6) is 11.5 Å². The lowest BCUT2D eigenvalue weighted by Crippen LogP contribution is -2.48. The first-order valence-electron chi connectivity index (χ1n) is 13.9. The zero-order valence-electron chi connectivity index (χ0n) is 23.9. The van der Waals surface area contributed by atoms with Gasteiger partial charge >= 0.3 is 0 Å². The smallest absolute Gasteiger partial charge is 0.254 e. The number of benzene rings is 2. The Labute approximate surface area is 246 Å². The predicted octanol–water partition coefficient (Wildman–Crippen LogP) is 3.09. The molecule has 4 rings (SSSR count). The van der Waals surface area contributed by atoms with Crippen LogP contribution in [0.25, 0.3) is 0 Å². The number of carbonyl (C=O) groups excluding carboxylic acids is 2. The molecule has 2 aliphatic heterocycles. The van der Waals surface area contributed by atoms with Crippen molar-refractivity contribution in [2.75, 3.05) is 65.5 Å². The van der Waals surface area contributed by atoms with Gasteiger partial charge in [0.15, 0.2) is 11.5 Å². The van der Waals surface area contributed by atoms with Gasteiger partial charge in [-0.05, 0) is 50.2 Å². The van der Waals surface area contributed by atoms with Crippen molar-refractivity contribution in [2.45, 2.75) is 38.4 Å². The van der Waals surface area contributed by atoms with E-state index in [4.69, 9.17) is 25.8 Å². The minimum atomic E-state index is -1.14. The molecule has 41 heavy (non-hydrogen) atoms. The first kappa shape index (κ1) is 31.1. The van der Waals surface area contributed by atoms with Gasteiger partial charge in [-0.1, -0.05) is 30.7 Å². The third kappa shape index (κ3) is 7.31. The average molecular weight is 590 g/mol. The van der Waals surface area contributed by atoms with Crippen LogP contribution in [0.3, 0.4) is 0 Å². The van der Waals surface area contributed by atoms with Gasteiger partial charge in [0.05, 0.1) is 33.9 Å². The monoisotopic (exact) mass is 589 g/mol. The molecule has 0 aliphatic carbocycles. The number of halogens is 1. The van der Waals surface area contributed by atoms with Crippen molar-refractivity contribution in [1.29, 1.82) is 0 Å². The molecule has 2 atom stereocenters. The number of nitrogens with one attached hydrogen (secondary N) is 1. The van der Waals surface area contributed by atoms with E-state index >= 15 is 0 Å². The number of rotatable bonds is 12. The standard InChI is InChI=1S/C30H40ClN3O7/c1-30(18-35,19-36)17-34(14-13-33-11-4-5-12-33)26(37)16-25-29(38)32-23-10-9-20(31)15-22(23)27(41-25)21-7-6-8-24(39-2)28(21)40-3/h6-10,15,25,27,35-36H,4-5,11-14,16-19H2,1-3H3,(H,32,38)/t25-,27-/m1/s1. The van der Waals surface area contributed by atoms with Crippen LogP contribution >= 0.6 is 11.6 Å². The van der Waals surface area contributed by atoms with Crippen LogP contribution in [0.1, 0.15) is 43.4 Å². The van der Waals surface area contributed by atoms with Crippen LogP contribution in [-0.2, 0) is 14.3 Å². The Balaban J connectivity index is 1.65. The number of hydrogen-bond donors (Lipinski definition) is 3. The maximum atomic E-state index is 13.8. The molecule has 2 aromatic carbocycles. The molecule has 0 spiro atoms. The average Bonchev–Trinajstić information content (AvgIpc) is 3.47. The van der Waals surface area contributed by atoms with E-state index in [0.29, 0.717) is 46.4 Å². The fraction of sp³-hybridized carbons (Fsp3) is 0.533. The number of aliphatic hydroxyl groups is 2. The zero-order valence-corrected chi connectivity index (χ0v) is 24.7. The minimum Gasteiger partial charge on any atom is -0.493 e. The highest BCUT2D eigenvalue weighted by Gasteiger charge is 2.37. The highest BCUT2D eigenvalue weighted by molar-refractivity contribution is 6.30. The number of hydrogen-bond acceptors (Lipinski definition) is 8. The van der Waals surface area contributed by atoms with Crippen molar-refractivity contribution >= 4 is 29.1 Å². The van der Waals surface area contributed by atoms with Crippen molar-refractivity contribution in [3.05, 3.63) is 52.5 Å². The first-order valence-corrected chi connectivity index (χ1v) is 14.3. The maximum Gasteiger partial charge on any atom is 0.254 e. The largest absolute Gasteiger partial charge is 0.493 e. The van der Waals surface area contributed by atoms with Gasteiger partial charge in [0.2, 0.25) is 5.91 Å². The fourth-order valence-corrected chi connectivity index (χ4v) is 5.52. The van der Waals surface area contributed by atoms with Gasteiger partial charge in [0.1, 0.15) is 12.2 Å². The van der Waals surface area contributed by atoms with Crippen LogP contribution in [0, 0.1) is 5.41 Å². The molecule has 11 heteroatoms. The summed E-state index contributed by atoms with van der Waals surface area (Å²) in [5.74, 6) is 0.170. The Hall–Kier alpha value is -2.89. The molecule has 0 saturated carbocycles. The summed E-state index contributed by atoms with van der Waals surface area (Å²) in [5.41, 5.74) is 0.856. The Morgan fingerprint density at radius 3 is 2.54 bits per heavy atom. The molecular formula is C30H40ClN3O7. The number of likely N-dealkylation sites (tertiary alicyclic amines) is 1. The molecule has 0 aromatic heterocycles. The molecular weight excluding hydrogens is 550 g/mol. The third-order valence-electron chi connectivity index (χ3n) is 7.80. The number of amides is 2. The van der Waals surface area contributed by atoms with E-state index in [1.54, 1.807) is 42.2 Å². The summed E-state index contributed by atoms with van der Waals surface area (Å²) < 4.78 is 17.6. The number of anilines is 1. The van der Waals surface area contributed by atoms with Crippen molar-refractivity contribution in [3.8, 4) is 11.5 Å². The van der Waals surface area contributed by atoms with Crippen LogP contribution in [0.2, 0.25) is 5.02 Å². The normalized spacial score (nSPS) is 19.3. The van der Waals surface area contributed by atoms with Crippen molar-refractivity contribution in [3.63, 3.8) is 0 Å². The highest BCUT2D eigenvalue weighted by Crippen LogP contribution is 2.43. The van der Waals surface area contributed by atoms with Crippen molar-refractivity contribution in [2.24, 2.45) is 5.41 Å². The number of carbonyl (C=O) groups is 2. The van der Waals surface area contributed by atoms with E-state index in [-0.39, 0.29) is 32.1 Å². The zero-order chi connectivity index (χ0) is 29.6. The van der Waals surface area contributed by atoms with Crippen LogP contribution < -0.4 is 14.8 Å². The summed E-state index contributed by atoms with van der Waals surface area (Å²) in [5, 5.41) is 23.2. The molecule has 2 amide bonds. The van der Waals surface area contributed by atoms with Gasteiger partial charge < -0.3 is 39.5 Å². The van der Waals surface area contributed by atoms with Crippen LogP contribution in [0.4, 0.5) is 5.69 Å². The second-order valence-electron chi connectivity index (χ2n) is 11.0. The molecule has 1 saturated heterocycles. The Morgan fingerprint density at radius 2 is 1.88 bits per heavy atom. The van der Waals surface area contributed by atoms with E-state index in [2.05, 4.69) is 10.2 Å².